The van der Waals surface area contributed by atoms with Crippen LogP contribution in [0, 0.1) is 0 Å². The van der Waals surface area contributed by atoms with Gasteiger partial charge in [0, 0.05) is 6.20 Å². The third-order valence-electron chi connectivity index (χ3n) is 0.617. The summed E-state index contributed by atoms with van der Waals surface area (Å²) < 4.78 is 0. The normalized spacial score (nSPS) is 7.91. The van der Waals surface area contributed by atoms with E-state index in [2.05, 4.69) is 18.3 Å². The molecule has 1 nitrogen and oxygen atoms in total. The minimum absolute atomic E-state index is 1.04. The number of hydrogen-bond acceptors (Lipinski definition) is 1. The summed E-state index contributed by atoms with van der Waals surface area (Å²) in [5.41, 5.74) is 1.04. The predicted octanol–water partition coefficient (Wildman–Crippen LogP) is 3.83. The lowest BCUT2D eigenvalue weighted by Crippen LogP contribution is -1.59. The average molecular weight is 155 g/mol. The van der Waals surface area contributed by atoms with E-state index in [1.165, 1.54) is 0 Å². The summed E-state index contributed by atoms with van der Waals surface area (Å²) in [6, 6.07) is 0. The number of hydrogen-bond donors (Lipinski definition) is 0. The van der Waals surface area contributed by atoms with Gasteiger partial charge >= 0.3 is 0 Å². The highest BCUT2D eigenvalue weighted by Crippen LogP contribution is 1.89. The Morgan fingerprint density at radius 1 is 1.18 bits per heavy atom. The van der Waals surface area contributed by atoms with Crippen LogP contribution >= 0.6 is 0 Å². The molecule has 0 unspecified atom stereocenters. The molecule has 0 aliphatic carbocycles. The smallest absolute Gasteiger partial charge is 0.0289 e. The summed E-state index contributed by atoms with van der Waals surface area (Å²) in [7, 11) is 0. The van der Waals surface area contributed by atoms with Crippen molar-refractivity contribution in [2.45, 2.75) is 34.6 Å². The molecule has 0 aromatic heterocycles. The van der Waals surface area contributed by atoms with E-state index in [-0.39, 0.29) is 0 Å². The van der Waals surface area contributed by atoms with Crippen LogP contribution in [-0.2, 0) is 0 Å². The summed E-state index contributed by atoms with van der Waals surface area (Å²) in [5, 5.41) is 0. The fraction of sp³-hybridized carbons (Fsp3) is 0.500. The Hall–Kier alpha value is -0.850. The molecule has 11 heavy (non-hydrogen) atoms. The zero-order valence-electron chi connectivity index (χ0n) is 8.52. The standard InChI is InChI=1S/C6H9N.2C2H6/c1-4-6(2)5-7-3;2*1-2/h4-5H,1,3H2,2H3;2*1-2H3/b6-5-;;. The van der Waals surface area contributed by atoms with Crippen LogP contribution < -0.4 is 0 Å². The van der Waals surface area contributed by atoms with Gasteiger partial charge in [0.25, 0.3) is 0 Å². The van der Waals surface area contributed by atoms with Crippen molar-refractivity contribution in [3.63, 3.8) is 0 Å². The number of rotatable bonds is 2. The van der Waals surface area contributed by atoms with Gasteiger partial charge in [0.2, 0.25) is 0 Å². The van der Waals surface area contributed by atoms with Crippen molar-refractivity contribution in [3.8, 4) is 0 Å². The van der Waals surface area contributed by atoms with E-state index < -0.39 is 0 Å². The van der Waals surface area contributed by atoms with E-state index >= 15 is 0 Å². The van der Waals surface area contributed by atoms with Crippen molar-refractivity contribution in [2.75, 3.05) is 0 Å². The van der Waals surface area contributed by atoms with Gasteiger partial charge in [-0.2, -0.15) is 0 Å². The van der Waals surface area contributed by atoms with E-state index in [1.54, 1.807) is 12.3 Å². The molecule has 0 aliphatic heterocycles. The van der Waals surface area contributed by atoms with Crippen LogP contribution in [0.2, 0.25) is 0 Å². The molecule has 0 rings (SSSR count). The van der Waals surface area contributed by atoms with E-state index in [1.807, 2.05) is 34.6 Å². The first-order valence-electron chi connectivity index (χ1n) is 4.06. The predicted molar refractivity (Wildman–Crippen MR) is 56.2 cm³/mol. The van der Waals surface area contributed by atoms with Crippen molar-refractivity contribution < 1.29 is 0 Å². The highest BCUT2D eigenvalue weighted by atomic mass is 14.6. The molecule has 0 aromatic carbocycles. The molecule has 0 atom stereocenters. The molecule has 0 spiro atoms. The maximum atomic E-state index is 3.52. The third-order valence-corrected chi connectivity index (χ3v) is 0.617. The minimum Gasteiger partial charge on any atom is -0.272 e. The van der Waals surface area contributed by atoms with Gasteiger partial charge in [-0.15, -0.1) is 0 Å². The van der Waals surface area contributed by atoms with Crippen molar-refractivity contribution in [3.05, 3.63) is 24.4 Å². The number of aliphatic imine (C=N–C) groups is 1. The van der Waals surface area contributed by atoms with Crippen LogP contribution in [0.4, 0.5) is 0 Å². The molecule has 0 heterocycles. The van der Waals surface area contributed by atoms with Crippen molar-refractivity contribution in [2.24, 2.45) is 4.99 Å². The zero-order chi connectivity index (χ0) is 9.70. The fourth-order valence-corrected chi connectivity index (χ4v) is 0.197. The van der Waals surface area contributed by atoms with E-state index in [0.717, 1.165) is 5.57 Å². The largest absolute Gasteiger partial charge is 0.272 e. The second kappa shape index (κ2) is 22.9. The van der Waals surface area contributed by atoms with Crippen LogP contribution in [0.5, 0.6) is 0 Å². The molecule has 0 N–H and O–H groups in total. The average Bonchev–Trinajstić information content (AvgIpc) is 2.12. The quantitative estimate of drug-likeness (QED) is 0.424. The Kier molecular flexibility index (Phi) is 34.6. The Bertz CT molecular complexity index is 101. The lowest BCUT2D eigenvalue weighted by molar-refractivity contribution is 1.45. The molecule has 0 bridgehead atoms. The van der Waals surface area contributed by atoms with Gasteiger partial charge in [-0.1, -0.05) is 40.3 Å². The van der Waals surface area contributed by atoms with Gasteiger partial charge in [-0.25, -0.2) is 0 Å². The van der Waals surface area contributed by atoms with E-state index in [0.29, 0.717) is 0 Å². The third kappa shape index (κ3) is 27.2. The van der Waals surface area contributed by atoms with Crippen LogP contribution in [0.3, 0.4) is 0 Å². The molecule has 0 saturated heterocycles. The Labute approximate surface area is 71.6 Å². The Morgan fingerprint density at radius 3 is 1.64 bits per heavy atom. The van der Waals surface area contributed by atoms with Gasteiger partial charge in [-0.05, 0) is 19.2 Å². The maximum Gasteiger partial charge on any atom is 0.0289 e. The lowest BCUT2D eigenvalue weighted by Gasteiger charge is -1.79. The second-order valence-corrected chi connectivity index (χ2v) is 1.26. The molecule has 0 fully saturated rings. The summed E-state index contributed by atoms with van der Waals surface area (Å²) in [6.07, 6.45) is 3.39. The van der Waals surface area contributed by atoms with E-state index in [4.69, 9.17) is 0 Å². The summed E-state index contributed by atoms with van der Waals surface area (Å²) in [6.45, 7) is 16.7. The highest BCUT2D eigenvalue weighted by Gasteiger charge is 1.69. The molecule has 0 saturated carbocycles. The van der Waals surface area contributed by atoms with Crippen molar-refractivity contribution in [1.29, 1.82) is 0 Å². The number of nitrogens with zero attached hydrogens (tertiary/aromatic N) is 1. The van der Waals surface area contributed by atoms with Crippen LogP contribution in [0.1, 0.15) is 34.6 Å². The molecule has 66 valence electrons. The maximum absolute atomic E-state index is 3.52. The molecule has 0 amide bonds. The van der Waals surface area contributed by atoms with Gasteiger partial charge in [0.05, 0.1) is 0 Å². The SMILES string of the molecule is C=C/C(C)=C\N=C.CC.CC. The first kappa shape index (κ1) is 16.6. The molecular formula is C10H21N. The first-order chi connectivity index (χ1) is 5.31. The topological polar surface area (TPSA) is 12.4 Å². The van der Waals surface area contributed by atoms with Crippen LogP contribution in [0.25, 0.3) is 0 Å². The molecular weight excluding hydrogens is 134 g/mol. The second-order valence-electron chi connectivity index (χ2n) is 1.26. The Balaban J connectivity index is -0.000000138. The molecule has 0 aromatic rings. The monoisotopic (exact) mass is 155 g/mol. The zero-order valence-corrected chi connectivity index (χ0v) is 8.52. The highest BCUT2D eigenvalue weighted by molar-refractivity contribution is 5.27. The van der Waals surface area contributed by atoms with Gasteiger partial charge in [-0.3, -0.25) is 4.99 Å². The van der Waals surface area contributed by atoms with Crippen molar-refractivity contribution in [1.82, 2.24) is 0 Å². The van der Waals surface area contributed by atoms with Crippen LogP contribution in [-0.4, -0.2) is 6.72 Å². The fourth-order valence-electron chi connectivity index (χ4n) is 0.197. The van der Waals surface area contributed by atoms with Gasteiger partial charge < -0.3 is 0 Å². The van der Waals surface area contributed by atoms with Crippen LogP contribution in [0.15, 0.2) is 29.4 Å². The molecule has 1 heteroatoms. The summed E-state index contributed by atoms with van der Waals surface area (Å²) in [5.74, 6) is 0. The Morgan fingerprint density at radius 2 is 1.55 bits per heavy atom. The van der Waals surface area contributed by atoms with Gasteiger partial charge in [0.1, 0.15) is 0 Å². The number of allylic oxidation sites excluding steroid dienone is 2. The van der Waals surface area contributed by atoms with Gasteiger partial charge in [0.15, 0.2) is 0 Å². The van der Waals surface area contributed by atoms with E-state index in [9.17, 15) is 0 Å². The van der Waals surface area contributed by atoms with Crippen molar-refractivity contribution >= 4 is 6.72 Å². The first-order valence-corrected chi connectivity index (χ1v) is 4.06. The lowest BCUT2D eigenvalue weighted by atomic mass is 10.3. The molecule has 0 radical (unpaired) electrons. The summed E-state index contributed by atoms with van der Waals surface area (Å²) in [4.78, 5) is 3.52. The summed E-state index contributed by atoms with van der Waals surface area (Å²) >= 11 is 0. The minimum atomic E-state index is 1.04. The molecule has 0 aliphatic rings.